The summed E-state index contributed by atoms with van der Waals surface area (Å²) in [5.74, 6) is 1.12. The molecule has 0 spiro atoms. The van der Waals surface area contributed by atoms with Crippen molar-refractivity contribution in [2.24, 2.45) is 0 Å². The van der Waals surface area contributed by atoms with Crippen LogP contribution in [0.15, 0.2) is 18.2 Å². The lowest BCUT2D eigenvalue weighted by molar-refractivity contribution is -0.122. The van der Waals surface area contributed by atoms with Crippen LogP contribution in [0.1, 0.15) is 18.7 Å². The van der Waals surface area contributed by atoms with Crippen LogP contribution in [0.3, 0.4) is 0 Å². The Morgan fingerprint density at radius 3 is 2.24 bits per heavy atom. The molecule has 1 aromatic rings. The molecule has 1 fully saturated rings. The van der Waals surface area contributed by atoms with Crippen molar-refractivity contribution in [1.82, 2.24) is 5.32 Å². The lowest BCUT2D eigenvalue weighted by Gasteiger charge is -2.17. The Hall–Kier alpha value is -1.75. The summed E-state index contributed by atoms with van der Waals surface area (Å²) in [6.45, 7) is 1.71. The van der Waals surface area contributed by atoms with E-state index in [-0.39, 0.29) is 5.91 Å². The fourth-order valence-corrected chi connectivity index (χ4v) is 1.83. The van der Waals surface area contributed by atoms with Crippen LogP contribution in [-0.2, 0) is 9.53 Å². The average Bonchev–Trinajstić information content (AvgIpc) is 2.68. The third-order valence-corrected chi connectivity index (χ3v) is 2.71. The van der Waals surface area contributed by atoms with Gasteiger partial charge in [0.05, 0.1) is 19.8 Å². The maximum Gasteiger partial charge on any atom is 0.251 e. The Kier molecular flexibility index (Phi) is 3.19. The predicted molar refractivity (Wildman–Crippen MR) is 61.0 cm³/mol. The highest BCUT2D eigenvalue weighted by Crippen LogP contribution is 2.36. The van der Waals surface area contributed by atoms with Crippen molar-refractivity contribution in [2.75, 3.05) is 14.2 Å². The molecular weight excluding hydrogens is 222 g/mol. The van der Waals surface area contributed by atoms with Crippen LogP contribution in [-0.4, -0.2) is 26.2 Å². The highest BCUT2D eigenvalue weighted by atomic mass is 16.5. The number of amides is 1. The predicted octanol–water partition coefficient (Wildman–Crippen LogP) is 1.24. The summed E-state index contributed by atoms with van der Waals surface area (Å²) in [4.78, 5) is 11.4. The molecule has 0 saturated carbocycles. The highest BCUT2D eigenvalue weighted by Gasteiger charge is 2.33. The molecule has 5 nitrogen and oxygen atoms in total. The standard InChI is InChI=1S/C12H15NO4/c1-7-11(14)13-12(17-7)10-8(15-2)5-4-6-9(10)16-3/h4-7,12H,1-3H3,(H,13,14)/t7-,12+/m0/s1. The first-order valence-electron chi connectivity index (χ1n) is 5.34. The van der Waals surface area contributed by atoms with Crippen LogP contribution in [0.4, 0.5) is 0 Å². The van der Waals surface area contributed by atoms with Gasteiger partial charge in [-0.2, -0.15) is 0 Å². The van der Waals surface area contributed by atoms with E-state index < -0.39 is 12.3 Å². The Labute approximate surface area is 99.7 Å². The third kappa shape index (κ3) is 2.06. The van der Waals surface area contributed by atoms with Crippen molar-refractivity contribution >= 4 is 5.91 Å². The van der Waals surface area contributed by atoms with Crippen LogP contribution in [0.25, 0.3) is 0 Å². The number of carbonyl (C=O) groups is 1. The average molecular weight is 237 g/mol. The van der Waals surface area contributed by atoms with E-state index >= 15 is 0 Å². The molecule has 1 aromatic carbocycles. The van der Waals surface area contributed by atoms with Crippen LogP contribution in [0.2, 0.25) is 0 Å². The third-order valence-electron chi connectivity index (χ3n) is 2.71. The Balaban J connectivity index is 2.40. The van der Waals surface area contributed by atoms with Gasteiger partial charge in [-0.15, -0.1) is 0 Å². The molecular formula is C12H15NO4. The molecule has 0 aliphatic carbocycles. The molecule has 2 atom stereocenters. The van der Waals surface area contributed by atoms with Crippen molar-refractivity contribution in [2.45, 2.75) is 19.3 Å². The van der Waals surface area contributed by atoms with E-state index in [4.69, 9.17) is 14.2 Å². The van der Waals surface area contributed by atoms with Gasteiger partial charge in [0, 0.05) is 0 Å². The molecule has 17 heavy (non-hydrogen) atoms. The van der Waals surface area contributed by atoms with Gasteiger partial charge in [-0.1, -0.05) is 6.07 Å². The first-order valence-corrected chi connectivity index (χ1v) is 5.34. The number of hydrogen-bond acceptors (Lipinski definition) is 4. The van der Waals surface area contributed by atoms with Crippen molar-refractivity contribution in [3.05, 3.63) is 23.8 Å². The lowest BCUT2D eigenvalue weighted by Crippen LogP contribution is -2.22. The SMILES string of the molecule is COc1cccc(OC)c1[C@@H]1NC(=O)[C@H](C)O1. The molecule has 1 heterocycles. The molecule has 2 rings (SSSR count). The number of rotatable bonds is 3. The Morgan fingerprint density at radius 2 is 1.82 bits per heavy atom. The van der Waals surface area contributed by atoms with Gasteiger partial charge in [-0.3, -0.25) is 4.79 Å². The molecule has 92 valence electrons. The zero-order valence-corrected chi connectivity index (χ0v) is 10.0. The van der Waals surface area contributed by atoms with Crippen LogP contribution in [0, 0.1) is 0 Å². The molecule has 0 aromatic heterocycles. The number of hydrogen-bond donors (Lipinski definition) is 1. The monoisotopic (exact) mass is 237 g/mol. The fourth-order valence-electron chi connectivity index (χ4n) is 1.83. The Bertz CT molecular complexity index is 410. The van der Waals surface area contributed by atoms with E-state index in [0.29, 0.717) is 17.1 Å². The van der Waals surface area contributed by atoms with Gasteiger partial charge in [-0.25, -0.2) is 0 Å². The second-order valence-electron chi connectivity index (χ2n) is 3.74. The van der Waals surface area contributed by atoms with Gasteiger partial charge in [0.2, 0.25) is 0 Å². The maximum absolute atomic E-state index is 11.4. The minimum absolute atomic E-state index is 0.136. The van der Waals surface area contributed by atoms with Gasteiger partial charge in [0.25, 0.3) is 5.91 Å². The first-order chi connectivity index (χ1) is 8.17. The number of nitrogens with one attached hydrogen (secondary N) is 1. The maximum atomic E-state index is 11.4. The van der Waals surface area contributed by atoms with Crippen molar-refractivity contribution in [1.29, 1.82) is 0 Å². The summed E-state index contributed by atoms with van der Waals surface area (Å²) in [7, 11) is 3.14. The molecule has 1 N–H and O–H groups in total. The summed E-state index contributed by atoms with van der Waals surface area (Å²) in [5.41, 5.74) is 0.704. The Morgan fingerprint density at radius 1 is 1.24 bits per heavy atom. The van der Waals surface area contributed by atoms with E-state index in [2.05, 4.69) is 5.32 Å². The molecule has 0 bridgehead atoms. The quantitative estimate of drug-likeness (QED) is 0.859. The van der Waals surface area contributed by atoms with Crippen molar-refractivity contribution in [3.8, 4) is 11.5 Å². The van der Waals surface area contributed by atoms with Crippen molar-refractivity contribution in [3.63, 3.8) is 0 Å². The summed E-state index contributed by atoms with van der Waals surface area (Å²) < 4.78 is 16.0. The van der Waals surface area contributed by atoms with Gasteiger partial charge in [-0.05, 0) is 19.1 Å². The van der Waals surface area contributed by atoms with Gasteiger partial charge in [0.1, 0.15) is 17.6 Å². The molecule has 0 radical (unpaired) electrons. The second kappa shape index (κ2) is 4.63. The molecule has 1 aliphatic heterocycles. The number of carbonyl (C=O) groups excluding carboxylic acids is 1. The fraction of sp³-hybridized carbons (Fsp3) is 0.417. The van der Waals surface area contributed by atoms with Crippen LogP contribution < -0.4 is 14.8 Å². The summed E-state index contributed by atoms with van der Waals surface area (Å²) in [6, 6.07) is 5.42. The minimum Gasteiger partial charge on any atom is -0.496 e. The van der Waals surface area contributed by atoms with E-state index in [1.54, 1.807) is 33.3 Å². The smallest absolute Gasteiger partial charge is 0.251 e. The summed E-state index contributed by atoms with van der Waals surface area (Å²) in [6.07, 6.45) is -0.988. The molecule has 5 heteroatoms. The first kappa shape index (κ1) is 11.7. The largest absolute Gasteiger partial charge is 0.496 e. The normalized spacial score (nSPS) is 23.4. The van der Waals surface area contributed by atoms with E-state index in [0.717, 1.165) is 0 Å². The van der Waals surface area contributed by atoms with E-state index in [1.165, 1.54) is 0 Å². The highest BCUT2D eigenvalue weighted by molar-refractivity contribution is 5.82. The minimum atomic E-state index is -0.524. The number of methoxy groups -OCH3 is 2. The second-order valence-corrected chi connectivity index (χ2v) is 3.74. The van der Waals surface area contributed by atoms with E-state index in [9.17, 15) is 4.79 Å². The van der Waals surface area contributed by atoms with Gasteiger partial charge >= 0.3 is 0 Å². The zero-order chi connectivity index (χ0) is 12.4. The van der Waals surface area contributed by atoms with Crippen LogP contribution >= 0.6 is 0 Å². The number of ether oxygens (including phenoxy) is 3. The van der Waals surface area contributed by atoms with Crippen LogP contribution in [0.5, 0.6) is 11.5 Å². The lowest BCUT2D eigenvalue weighted by atomic mass is 10.1. The van der Waals surface area contributed by atoms with E-state index in [1.807, 2.05) is 6.07 Å². The molecule has 0 unspecified atom stereocenters. The number of benzene rings is 1. The summed E-state index contributed by atoms with van der Waals surface area (Å²) >= 11 is 0. The zero-order valence-electron chi connectivity index (χ0n) is 10.0. The topological polar surface area (TPSA) is 56.8 Å². The molecule has 1 amide bonds. The molecule has 1 aliphatic rings. The summed E-state index contributed by atoms with van der Waals surface area (Å²) in [5, 5.41) is 2.75. The molecule has 1 saturated heterocycles. The van der Waals surface area contributed by atoms with Gasteiger partial charge < -0.3 is 19.5 Å². The van der Waals surface area contributed by atoms with Gasteiger partial charge in [0.15, 0.2) is 6.23 Å². The van der Waals surface area contributed by atoms with Crippen molar-refractivity contribution < 1.29 is 19.0 Å².